The molecule has 0 atom stereocenters. The third kappa shape index (κ3) is 6.90. The average molecular weight is 352 g/mol. The minimum absolute atomic E-state index is 0.00335. The zero-order valence-electron chi connectivity index (χ0n) is 17.5. The summed E-state index contributed by atoms with van der Waals surface area (Å²) in [6, 6.07) is 0. The summed E-state index contributed by atoms with van der Waals surface area (Å²) in [6.45, 7) is 19.0. The molecule has 0 aromatic carbocycles. The van der Waals surface area contributed by atoms with Gasteiger partial charge in [0.2, 0.25) is 5.91 Å². The van der Waals surface area contributed by atoms with Gasteiger partial charge in [-0.1, -0.05) is 20.8 Å². The Balaban J connectivity index is 1.67. The lowest BCUT2D eigenvalue weighted by Crippen LogP contribution is -2.53. The Kier molecular flexibility index (Phi) is 6.94. The van der Waals surface area contributed by atoms with Gasteiger partial charge in [0.25, 0.3) is 0 Å². The van der Waals surface area contributed by atoms with Crippen LogP contribution in [0.4, 0.5) is 0 Å². The number of carbonyl (C=O) groups is 1. The molecule has 0 bridgehead atoms. The summed E-state index contributed by atoms with van der Waals surface area (Å²) in [6.07, 6.45) is 5.56. The number of rotatable bonds is 4. The van der Waals surface area contributed by atoms with Crippen LogP contribution in [0.15, 0.2) is 0 Å². The van der Waals surface area contributed by atoms with Crippen molar-refractivity contribution >= 4 is 5.91 Å². The van der Waals surface area contributed by atoms with Crippen molar-refractivity contribution in [3.05, 3.63) is 0 Å². The van der Waals surface area contributed by atoms with E-state index in [4.69, 9.17) is 0 Å². The number of hydrogen-bond donors (Lipinski definition) is 1. The van der Waals surface area contributed by atoms with Crippen molar-refractivity contribution in [1.29, 1.82) is 0 Å². The van der Waals surface area contributed by atoms with Crippen LogP contribution in [0.2, 0.25) is 0 Å². The molecule has 2 aliphatic rings. The van der Waals surface area contributed by atoms with Gasteiger partial charge in [0.1, 0.15) is 0 Å². The first-order valence-electron chi connectivity index (χ1n) is 10.3. The molecule has 2 fully saturated rings. The molecule has 1 aliphatic carbocycles. The second-order valence-electron chi connectivity index (χ2n) is 10.4. The standard InChI is InChI=1S/C21H41N3O/c1-20(2,3)18-9-7-17(8-10-18)16-23-11-13-24(14-12-23)19(25)15-22-21(4,5)6/h17-18,22H,7-16H2,1-6H3. The zero-order chi connectivity index (χ0) is 18.7. The van der Waals surface area contributed by atoms with E-state index in [9.17, 15) is 4.79 Å². The maximum atomic E-state index is 12.3. The number of carbonyl (C=O) groups excluding carboxylic acids is 1. The minimum Gasteiger partial charge on any atom is -0.339 e. The van der Waals surface area contributed by atoms with E-state index in [1.807, 2.05) is 4.90 Å². The summed E-state index contributed by atoms with van der Waals surface area (Å²) in [5, 5.41) is 3.31. The smallest absolute Gasteiger partial charge is 0.236 e. The zero-order valence-corrected chi connectivity index (χ0v) is 17.5. The predicted molar refractivity (Wildman–Crippen MR) is 106 cm³/mol. The Labute approximate surface area is 155 Å². The molecule has 1 heterocycles. The summed E-state index contributed by atoms with van der Waals surface area (Å²) in [4.78, 5) is 16.9. The molecule has 0 aromatic heterocycles. The van der Waals surface area contributed by atoms with Crippen molar-refractivity contribution in [1.82, 2.24) is 15.1 Å². The largest absolute Gasteiger partial charge is 0.339 e. The summed E-state index contributed by atoms with van der Waals surface area (Å²) < 4.78 is 0. The molecule has 1 amide bonds. The molecule has 146 valence electrons. The van der Waals surface area contributed by atoms with Gasteiger partial charge in [0.05, 0.1) is 6.54 Å². The number of piperazine rings is 1. The van der Waals surface area contributed by atoms with Crippen molar-refractivity contribution in [2.75, 3.05) is 39.3 Å². The van der Waals surface area contributed by atoms with Gasteiger partial charge >= 0.3 is 0 Å². The van der Waals surface area contributed by atoms with Crippen LogP contribution >= 0.6 is 0 Å². The lowest BCUT2D eigenvalue weighted by atomic mass is 9.70. The summed E-state index contributed by atoms with van der Waals surface area (Å²) in [5.74, 6) is 2.01. The highest BCUT2D eigenvalue weighted by atomic mass is 16.2. The van der Waals surface area contributed by atoms with Gasteiger partial charge < -0.3 is 10.2 Å². The molecule has 4 nitrogen and oxygen atoms in total. The molecule has 1 saturated heterocycles. The van der Waals surface area contributed by atoms with Crippen LogP contribution in [0.3, 0.4) is 0 Å². The van der Waals surface area contributed by atoms with E-state index >= 15 is 0 Å². The summed E-state index contributed by atoms with van der Waals surface area (Å²) in [7, 11) is 0. The second kappa shape index (κ2) is 8.39. The third-order valence-corrected chi connectivity index (χ3v) is 6.08. The number of amides is 1. The van der Waals surface area contributed by atoms with Crippen molar-refractivity contribution in [3.63, 3.8) is 0 Å². The van der Waals surface area contributed by atoms with Crippen LogP contribution in [0.1, 0.15) is 67.2 Å². The van der Waals surface area contributed by atoms with Gasteiger partial charge in [0.15, 0.2) is 0 Å². The molecule has 1 saturated carbocycles. The fourth-order valence-corrected chi connectivity index (χ4v) is 4.21. The Hall–Kier alpha value is -0.610. The van der Waals surface area contributed by atoms with E-state index < -0.39 is 0 Å². The molecule has 0 aromatic rings. The quantitative estimate of drug-likeness (QED) is 0.843. The maximum Gasteiger partial charge on any atom is 0.236 e. The van der Waals surface area contributed by atoms with Gasteiger partial charge in [-0.2, -0.15) is 0 Å². The van der Waals surface area contributed by atoms with Gasteiger partial charge in [-0.3, -0.25) is 9.69 Å². The van der Waals surface area contributed by atoms with E-state index in [1.165, 1.54) is 32.2 Å². The van der Waals surface area contributed by atoms with E-state index in [0.29, 0.717) is 12.0 Å². The van der Waals surface area contributed by atoms with Crippen molar-refractivity contribution in [3.8, 4) is 0 Å². The highest BCUT2D eigenvalue weighted by molar-refractivity contribution is 5.78. The molecule has 0 spiro atoms. The minimum atomic E-state index is 0.00335. The van der Waals surface area contributed by atoms with Gasteiger partial charge in [-0.05, 0) is 63.7 Å². The molecule has 2 rings (SSSR count). The first-order valence-corrected chi connectivity index (χ1v) is 10.3. The monoisotopic (exact) mass is 351 g/mol. The van der Waals surface area contributed by atoms with Crippen LogP contribution in [0.25, 0.3) is 0 Å². The molecular formula is C21H41N3O. The van der Waals surface area contributed by atoms with Crippen LogP contribution in [-0.4, -0.2) is 60.5 Å². The Bertz CT molecular complexity index is 419. The van der Waals surface area contributed by atoms with Crippen LogP contribution in [0.5, 0.6) is 0 Å². The molecule has 0 radical (unpaired) electrons. The van der Waals surface area contributed by atoms with E-state index in [1.54, 1.807) is 0 Å². The van der Waals surface area contributed by atoms with Crippen molar-refractivity contribution in [2.45, 2.75) is 72.8 Å². The second-order valence-corrected chi connectivity index (χ2v) is 10.4. The number of nitrogens with one attached hydrogen (secondary N) is 1. The van der Waals surface area contributed by atoms with Crippen molar-refractivity contribution < 1.29 is 4.79 Å². The maximum absolute atomic E-state index is 12.3. The van der Waals surface area contributed by atoms with E-state index in [0.717, 1.165) is 38.0 Å². The van der Waals surface area contributed by atoms with Gasteiger partial charge in [-0.25, -0.2) is 0 Å². The van der Waals surface area contributed by atoms with Crippen molar-refractivity contribution in [2.24, 2.45) is 17.3 Å². The molecule has 25 heavy (non-hydrogen) atoms. The molecular weight excluding hydrogens is 310 g/mol. The van der Waals surface area contributed by atoms with Gasteiger partial charge in [-0.15, -0.1) is 0 Å². The Morgan fingerprint density at radius 2 is 1.48 bits per heavy atom. The highest BCUT2D eigenvalue weighted by Gasteiger charge is 2.31. The van der Waals surface area contributed by atoms with E-state index in [-0.39, 0.29) is 11.4 Å². The lowest BCUT2D eigenvalue weighted by Gasteiger charge is -2.40. The van der Waals surface area contributed by atoms with Gasteiger partial charge in [0, 0.05) is 38.3 Å². The fraction of sp³-hybridized carbons (Fsp3) is 0.952. The van der Waals surface area contributed by atoms with Crippen LogP contribution in [0, 0.1) is 17.3 Å². The molecule has 0 unspecified atom stereocenters. The highest BCUT2D eigenvalue weighted by Crippen LogP contribution is 2.39. The normalized spacial score (nSPS) is 26.7. The lowest BCUT2D eigenvalue weighted by molar-refractivity contribution is -0.132. The first kappa shape index (κ1) is 20.7. The average Bonchev–Trinajstić information content (AvgIpc) is 2.52. The fourth-order valence-electron chi connectivity index (χ4n) is 4.21. The molecule has 1 aliphatic heterocycles. The third-order valence-electron chi connectivity index (χ3n) is 6.08. The van der Waals surface area contributed by atoms with Crippen LogP contribution < -0.4 is 5.32 Å². The number of hydrogen-bond acceptors (Lipinski definition) is 3. The predicted octanol–water partition coefficient (Wildman–Crippen LogP) is 3.37. The number of nitrogens with zero attached hydrogens (tertiary/aromatic N) is 2. The topological polar surface area (TPSA) is 35.6 Å². The SMILES string of the molecule is CC(C)(C)NCC(=O)N1CCN(CC2CCC(C(C)(C)C)CC2)CC1. The molecule has 4 heteroatoms. The first-order chi connectivity index (χ1) is 11.5. The van der Waals surface area contributed by atoms with E-state index in [2.05, 4.69) is 51.8 Å². The summed E-state index contributed by atoms with van der Waals surface area (Å²) >= 11 is 0. The molecule has 1 N–H and O–H groups in total. The van der Waals surface area contributed by atoms with Crippen LogP contribution in [-0.2, 0) is 4.79 Å². The Morgan fingerprint density at radius 3 is 1.96 bits per heavy atom. The summed E-state index contributed by atoms with van der Waals surface area (Å²) in [5.41, 5.74) is 0.474. The Morgan fingerprint density at radius 1 is 0.920 bits per heavy atom.